The summed E-state index contributed by atoms with van der Waals surface area (Å²) in [6.07, 6.45) is 6.42. The lowest BCUT2D eigenvalue weighted by Crippen LogP contribution is -2.48. The minimum Gasteiger partial charge on any atom is -0.370 e. The molecule has 5 heterocycles. The molecule has 5 rings (SSSR count). The van der Waals surface area contributed by atoms with Crippen LogP contribution < -0.4 is 16.2 Å². The lowest BCUT2D eigenvalue weighted by molar-refractivity contribution is 0.0994. The molecule has 190 valence electrons. The number of aryl methyl sites for hydroxylation is 1. The van der Waals surface area contributed by atoms with E-state index in [1.54, 1.807) is 6.20 Å². The molecule has 0 aromatic carbocycles. The Hall–Kier alpha value is -3.37. The Morgan fingerprint density at radius 3 is 2.58 bits per heavy atom. The van der Waals surface area contributed by atoms with E-state index < -0.39 is 5.91 Å². The zero-order valence-electron chi connectivity index (χ0n) is 20.8. The molecular weight excluding hydrogens is 456 g/mol. The number of rotatable bonds is 7. The predicted molar refractivity (Wildman–Crippen MR) is 139 cm³/mol. The fourth-order valence-corrected chi connectivity index (χ4v) is 5.38. The van der Waals surface area contributed by atoms with Gasteiger partial charge in [-0.05, 0) is 48.9 Å². The van der Waals surface area contributed by atoms with Crippen molar-refractivity contribution in [3.8, 4) is 0 Å². The number of nitrogens with one attached hydrogen (secondary N) is 1. The lowest BCUT2D eigenvalue weighted by Gasteiger charge is -2.39. The monoisotopic (exact) mass is 490 g/mol. The predicted octanol–water partition coefficient (Wildman–Crippen LogP) is 1.41. The first-order chi connectivity index (χ1) is 17.5. The van der Waals surface area contributed by atoms with Crippen LogP contribution in [0.4, 0.5) is 5.69 Å². The van der Waals surface area contributed by atoms with Crippen molar-refractivity contribution in [1.82, 2.24) is 30.0 Å². The van der Waals surface area contributed by atoms with Gasteiger partial charge in [0.05, 0.1) is 22.9 Å². The molecule has 2 saturated heterocycles. The number of piperazine rings is 1. The molecule has 0 atom stereocenters. The minimum atomic E-state index is -0.531. The highest BCUT2D eigenvalue weighted by Gasteiger charge is 2.26. The van der Waals surface area contributed by atoms with Crippen molar-refractivity contribution in [2.45, 2.75) is 32.7 Å². The van der Waals surface area contributed by atoms with Crippen LogP contribution in [0.5, 0.6) is 0 Å². The lowest BCUT2D eigenvalue weighted by atomic mass is 9.95. The third kappa shape index (κ3) is 5.39. The Labute approximate surface area is 210 Å². The third-order valence-electron chi connectivity index (χ3n) is 7.48. The number of primary amides is 1. The molecule has 0 radical (unpaired) electrons. The number of amides is 1. The maximum absolute atomic E-state index is 12.2. The standard InChI is InChI=1S/C26H34N8O2/c1-2-20-14-21-22(30-26(20)36)13-19(15-28-21)17-33-11-9-32(10-12-33)16-18-4-7-34(8-5-18)23-3-6-29-31-24(23)25(27)35/h3,6,13-15,18H,2,4-5,7-12,16-17H2,1H3,(H2,27,35)(H,30,36). The van der Waals surface area contributed by atoms with Crippen LogP contribution in [0, 0.1) is 5.92 Å². The van der Waals surface area contributed by atoms with E-state index in [9.17, 15) is 9.59 Å². The highest BCUT2D eigenvalue weighted by atomic mass is 16.1. The largest absolute Gasteiger partial charge is 0.370 e. The van der Waals surface area contributed by atoms with E-state index in [1.165, 1.54) is 0 Å². The van der Waals surface area contributed by atoms with Crippen molar-refractivity contribution in [3.05, 3.63) is 57.8 Å². The van der Waals surface area contributed by atoms with Crippen LogP contribution in [0.2, 0.25) is 0 Å². The summed E-state index contributed by atoms with van der Waals surface area (Å²) in [6, 6.07) is 5.79. The number of carbonyl (C=O) groups is 1. The van der Waals surface area contributed by atoms with E-state index in [1.807, 2.05) is 25.3 Å². The van der Waals surface area contributed by atoms with Gasteiger partial charge in [0.15, 0.2) is 5.69 Å². The van der Waals surface area contributed by atoms with Gasteiger partial charge in [-0.2, -0.15) is 5.10 Å². The quantitative estimate of drug-likeness (QED) is 0.509. The summed E-state index contributed by atoms with van der Waals surface area (Å²) in [7, 11) is 0. The third-order valence-corrected chi connectivity index (χ3v) is 7.48. The Bertz CT molecular complexity index is 1280. The molecular formula is C26H34N8O2. The molecule has 3 N–H and O–H groups in total. The molecule has 0 bridgehead atoms. The van der Waals surface area contributed by atoms with Crippen molar-refractivity contribution in [2.75, 3.05) is 50.7 Å². The minimum absolute atomic E-state index is 0.0193. The number of aromatic amines is 1. The molecule has 1 amide bonds. The molecule has 0 spiro atoms. The molecule has 3 aromatic heterocycles. The number of nitrogens with two attached hydrogens (primary N) is 1. The van der Waals surface area contributed by atoms with Gasteiger partial charge in [-0.1, -0.05) is 6.92 Å². The normalized spacial score (nSPS) is 18.1. The first kappa shape index (κ1) is 24.3. The van der Waals surface area contributed by atoms with Crippen LogP contribution in [-0.4, -0.2) is 81.7 Å². The second-order valence-electron chi connectivity index (χ2n) is 9.89. The average molecular weight is 491 g/mol. The van der Waals surface area contributed by atoms with Gasteiger partial charge in [0.25, 0.3) is 11.5 Å². The summed E-state index contributed by atoms with van der Waals surface area (Å²) < 4.78 is 0. The van der Waals surface area contributed by atoms with Gasteiger partial charge in [0.1, 0.15) is 0 Å². The average Bonchev–Trinajstić information content (AvgIpc) is 2.90. The van der Waals surface area contributed by atoms with Crippen molar-refractivity contribution in [2.24, 2.45) is 11.7 Å². The molecule has 2 aliphatic rings. The molecule has 0 saturated carbocycles. The molecule has 2 aliphatic heterocycles. The highest BCUT2D eigenvalue weighted by molar-refractivity contribution is 5.96. The van der Waals surface area contributed by atoms with Crippen LogP contribution in [0.3, 0.4) is 0 Å². The van der Waals surface area contributed by atoms with E-state index in [0.29, 0.717) is 12.3 Å². The molecule has 0 aliphatic carbocycles. The summed E-state index contributed by atoms with van der Waals surface area (Å²) in [5.41, 5.74) is 10.1. The van der Waals surface area contributed by atoms with Gasteiger partial charge in [-0.15, -0.1) is 5.10 Å². The van der Waals surface area contributed by atoms with Crippen molar-refractivity contribution in [3.63, 3.8) is 0 Å². The second-order valence-corrected chi connectivity index (χ2v) is 9.89. The van der Waals surface area contributed by atoms with Gasteiger partial charge in [0.2, 0.25) is 0 Å². The number of aromatic nitrogens is 4. The fraction of sp³-hybridized carbons (Fsp3) is 0.500. The van der Waals surface area contributed by atoms with Crippen molar-refractivity contribution >= 4 is 22.6 Å². The first-order valence-corrected chi connectivity index (χ1v) is 12.8. The molecule has 2 fully saturated rings. The zero-order valence-corrected chi connectivity index (χ0v) is 20.8. The highest BCUT2D eigenvalue weighted by Crippen LogP contribution is 2.26. The zero-order chi connectivity index (χ0) is 25.1. The van der Waals surface area contributed by atoms with Crippen LogP contribution in [-0.2, 0) is 13.0 Å². The SMILES string of the molecule is CCc1cc2ncc(CN3CCN(CC4CCN(c5ccnnc5C(N)=O)CC4)CC3)cc2[nH]c1=O. The Morgan fingerprint density at radius 2 is 1.86 bits per heavy atom. The molecule has 3 aromatic rings. The Morgan fingerprint density at radius 1 is 1.11 bits per heavy atom. The summed E-state index contributed by atoms with van der Waals surface area (Å²) in [5.74, 6) is 0.116. The maximum Gasteiger partial charge on any atom is 0.271 e. The number of hydrogen-bond donors (Lipinski definition) is 2. The Kier molecular flexibility index (Phi) is 7.24. The number of nitrogens with zero attached hydrogens (tertiary/aromatic N) is 6. The van der Waals surface area contributed by atoms with Crippen LogP contribution in [0.25, 0.3) is 11.0 Å². The Balaban J connectivity index is 1.10. The number of carbonyl (C=O) groups excluding carboxylic acids is 1. The van der Waals surface area contributed by atoms with Crippen molar-refractivity contribution < 1.29 is 4.79 Å². The molecule has 10 nitrogen and oxygen atoms in total. The number of H-pyrrole nitrogens is 1. The number of fused-ring (bicyclic) bond motifs is 1. The molecule has 0 unspecified atom stereocenters. The number of pyridine rings is 2. The van der Waals surface area contributed by atoms with Crippen LogP contribution >= 0.6 is 0 Å². The summed E-state index contributed by atoms with van der Waals surface area (Å²) in [5, 5.41) is 7.73. The fourth-order valence-electron chi connectivity index (χ4n) is 5.38. The smallest absolute Gasteiger partial charge is 0.271 e. The van der Waals surface area contributed by atoms with Crippen LogP contribution in [0.15, 0.2) is 35.4 Å². The molecule has 36 heavy (non-hydrogen) atoms. The van der Waals surface area contributed by atoms with Gasteiger partial charge < -0.3 is 20.5 Å². The van der Waals surface area contributed by atoms with Crippen LogP contribution in [0.1, 0.15) is 41.4 Å². The number of anilines is 1. The van der Waals surface area contributed by atoms with E-state index >= 15 is 0 Å². The van der Waals surface area contributed by atoms with Gasteiger partial charge in [-0.3, -0.25) is 19.5 Å². The van der Waals surface area contributed by atoms with Gasteiger partial charge in [0, 0.05) is 64.1 Å². The van der Waals surface area contributed by atoms with E-state index in [-0.39, 0.29) is 11.3 Å². The van der Waals surface area contributed by atoms with E-state index in [2.05, 4.69) is 40.9 Å². The number of hydrogen-bond acceptors (Lipinski definition) is 8. The summed E-state index contributed by atoms with van der Waals surface area (Å²) >= 11 is 0. The summed E-state index contributed by atoms with van der Waals surface area (Å²) in [4.78, 5) is 38.7. The second kappa shape index (κ2) is 10.7. The summed E-state index contributed by atoms with van der Waals surface area (Å²) in [6.45, 7) is 9.87. The first-order valence-electron chi connectivity index (χ1n) is 12.8. The topological polar surface area (TPSA) is 124 Å². The van der Waals surface area contributed by atoms with Crippen molar-refractivity contribution in [1.29, 1.82) is 0 Å². The van der Waals surface area contributed by atoms with Gasteiger partial charge in [-0.25, -0.2) is 0 Å². The van der Waals surface area contributed by atoms with E-state index in [4.69, 9.17) is 5.73 Å². The van der Waals surface area contributed by atoms with Gasteiger partial charge >= 0.3 is 0 Å². The molecule has 10 heteroatoms. The van der Waals surface area contributed by atoms with E-state index in [0.717, 1.165) is 93.0 Å². The maximum atomic E-state index is 12.2. The number of piperidine rings is 1.